The van der Waals surface area contributed by atoms with Gasteiger partial charge in [-0.05, 0) is 24.3 Å². The van der Waals surface area contributed by atoms with Gasteiger partial charge in [-0.2, -0.15) is 4.98 Å². The molecule has 10 heteroatoms. The molecule has 0 unspecified atom stereocenters. The summed E-state index contributed by atoms with van der Waals surface area (Å²) in [5.41, 5.74) is 2.89. The van der Waals surface area contributed by atoms with E-state index in [1.54, 1.807) is 24.3 Å². The van der Waals surface area contributed by atoms with Crippen LogP contribution in [0.25, 0.3) is 11.3 Å². The first-order valence-electron chi connectivity index (χ1n) is 9.62. The molecule has 0 saturated carbocycles. The van der Waals surface area contributed by atoms with Gasteiger partial charge in [-0.25, -0.2) is 4.79 Å². The van der Waals surface area contributed by atoms with Gasteiger partial charge in [0.25, 0.3) is 0 Å². The van der Waals surface area contributed by atoms with Crippen molar-refractivity contribution in [2.24, 2.45) is 0 Å². The van der Waals surface area contributed by atoms with Gasteiger partial charge in [-0.15, -0.1) is 16.8 Å². The minimum atomic E-state index is -1.07. The van der Waals surface area contributed by atoms with Crippen molar-refractivity contribution in [1.82, 2.24) is 15.2 Å². The fraction of sp³-hybridized carbons (Fsp3) is 0.182. The van der Waals surface area contributed by atoms with E-state index in [1.807, 2.05) is 24.3 Å². The van der Waals surface area contributed by atoms with E-state index in [9.17, 15) is 4.79 Å². The topological polar surface area (TPSA) is 116 Å². The maximum atomic E-state index is 10.8. The van der Waals surface area contributed by atoms with E-state index in [-0.39, 0.29) is 0 Å². The molecule has 32 heavy (non-hydrogen) atoms. The molecule has 1 atom stereocenters. The lowest BCUT2D eigenvalue weighted by Gasteiger charge is -2.20. The van der Waals surface area contributed by atoms with Crippen molar-refractivity contribution >= 4 is 23.4 Å². The van der Waals surface area contributed by atoms with Crippen molar-refractivity contribution in [2.45, 2.75) is 11.4 Å². The highest BCUT2D eigenvalue weighted by Gasteiger charge is 2.26. The number of aliphatic carboxylic acids is 1. The molecule has 1 aliphatic heterocycles. The van der Waals surface area contributed by atoms with Gasteiger partial charge in [0.15, 0.2) is 30.0 Å². The number of carbonyl (C=O) groups is 1. The zero-order valence-electron chi connectivity index (χ0n) is 17.1. The maximum Gasteiger partial charge on any atom is 0.341 e. The molecule has 164 valence electrons. The smallest absolute Gasteiger partial charge is 0.341 e. The minimum absolute atomic E-state index is 0.320. The Morgan fingerprint density at radius 1 is 1.28 bits per heavy atom. The molecule has 2 heterocycles. The quantitative estimate of drug-likeness (QED) is 0.386. The summed E-state index contributed by atoms with van der Waals surface area (Å²) >= 11 is 1.41. The van der Waals surface area contributed by atoms with Gasteiger partial charge in [0.05, 0.1) is 7.11 Å². The first kappa shape index (κ1) is 21.4. The van der Waals surface area contributed by atoms with Crippen LogP contribution in [0, 0.1) is 0 Å². The van der Waals surface area contributed by atoms with Gasteiger partial charge in [-0.3, -0.25) is 0 Å². The van der Waals surface area contributed by atoms with Crippen molar-refractivity contribution in [2.75, 3.05) is 24.8 Å². The number of nitrogens with one attached hydrogen (secondary N) is 1. The van der Waals surface area contributed by atoms with E-state index in [0.717, 1.165) is 16.8 Å². The summed E-state index contributed by atoms with van der Waals surface area (Å²) in [5.74, 6) is 0.623. The second-order valence-corrected chi connectivity index (χ2v) is 7.62. The van der Waals surface area contributed by atoms with E-state index in [1.165, 1.54) is 18.9 Å². The number of aromatic nitrogens is 3. The van der Waals surface area contributed by atoms with Crippen LogP contribution in [0.15, 0.2) is 60.3 Å². The SMILES string of the molecule is C=CCSc1nnc2c(n1)O[C@@H](c1ccc(OCC(=O)O)c(OC)c1)Nc1ccccc1-2. The monoisotopic (exact) mass is 452 g/mol. The average molecular weight is 452 g/mol. The van der Waals surface area contributed by atoms with Gasteiger partial charge >= 0.3 is 5.97 Å². The Balaban J connectivity index is 1.72. The number of carboxylic acid groups (broad SMARTS) is 1. The number of methoxy groups -OCH3 is 1. The lowest BCUT2D eigenvalue weighted by molar-refractivity contribution is -0.139. The number of nitrogens with zero attached hydrogens (tertiary/aromatic N) is 3. The highest BCUT2D eigenvalue weighted by atomic mass is 32.2. The molecule has 2 aromatic carbocycles. The number of benzene rings is 2. The van der Waals surface area contributed by atoms with Crippen molar-refractivity contribution in [3.63, 3.8) is 0 Å². The molecule has 0 amide bonds. The number of ether oxygens (including phenoxy) is 3. The molecule has 0 saturated heterocycles. The van der Waals surface area contributed by atoms with Crippen molar-refractivity contribution in [3.8, 4) is 28.6 Å². The Hall–Kier alpha value is -3.79. The molecule has 9 nitrogen and oxygen atoms in total. The molecular formula is C22H20N4O5S. The van der Waals surface area contributed by atoms with Crippen LogP contribution in [-0.4, -0.2) is 45.7 Å². The third kappa shape index (κ3) is 4.59. The number of hydrogen-bond acceptors (Lipinski definition) is 9. The van der Waals surface area contributed by atoms with Crippen LogP contribution in [0.4, 0.5) is 5.69 Å². The highest BCUT2D eigenvalue weighted by Crippen LogP contribution is 2.40. The molecule has 0 bridgehead atoms. The van der Waals surface area contributed by atoms with Crippen LogP contribution in [-0.2, 0) is 4.79 Å². The van der Waals surface area contributed by atoms with Crippen molar-refractivity contribution in [3.05, 3.63) is 60.7 Å². The van der Waals surface area contributed by atoms with Crippen LogP contribution in [0.5, 0.6) is 17.4 Å². The lowest BCUT2D eigenvalue weighted by atomic mass is 10.1. The van der Waals surface area contributed by atoms with Gasteiger partial charge in [0, 0.05) is 22.6 Å². The van der Waals surface area contributed by atoms with E-state index < -0.39 is 18.8 Å². The van der Waals surface area contributed by atoms with Gasteiger partial charge in [0.2, 0.25) is 11.0 Å². The van der Waals surface area contributed by atoms with E-state index >= 15 is 0 Å². The zero-order valence-corrected chi connectivity index (χ0v) is 18.0. The van der Waals surface area contributed by atoms with E-state index in [4.69, 9.17) is 19.3 Å². The summed E-state index contributed by atoms with van der Waals surface area (Å²) in [6, 6.07) is 12.8. The Kier molecular flexibility index (Phi) is 6.41. The van der Waals surface area contributed by atoms with Crippen LogP contribution in [0.3, 0.4) is 0 Å². The number of rotatable bonds is 8. The van der Waals surface area contributed by atoms with Crippen LogP contribution in [0.1, 0.15) is 11.8 Å². The average Bonchev–Trinajstić information content (AvgIpc) is 2.97. The number of anilines is 1. The minimum Gasteiger partial charge on any atom is -0.493 e. The zero-order chi connectivity index (χ0) is 22.5. The number of thioether (sulfide) groups is 1. The highest BCUT2D eigenvalue weighted by molar-refractivity contribution is 7.99. The van der Waals surface area contributed by atoms with Crippen molar-refractivity contribution < 1.29 is 24.1 Å². The first-order valence-corrected chi connectivity index (χ1v) is 10.6. The predicted molar refractivity (Wildman–Crippen MR) is 119 cm³/mol. The molecule has 0 fully saturated rings. The summed E-state index contributed by atoms with van der Waals surface area (Å²) < 4.78 is 16.9. The van der Waals surface area contributed by atoms with E-state index in [2.05, 4.69) is 27.1 Å². The maximum absolute atomic E-state index is 10.8. The first-order chi connectivity index (χ1) is 15.6. The third-order valence-electron chi connectivity index (χ3n) is 4.51. The molecular weight excluding hydrogens is 432 g/mol. The third-order valence-corrected chi connectivity index (χ3v) is 5.34. The fourth-order valence-corrected chi connectivity index (χ4v) is 3.61. The Morgan fingerprint density at radius 3 is 2.91 bits per heavy atom. The van der Waals surface area contributed by atoms with Gasteiger partial charge in [0.1, 0.15) is 0 Å². The van der Waals surface area contributed by atoms with Crippen molar-refractivity contribution in [1.29, 1.82) is 0 Å². The predicted octanol–water partition coefficient (Wildman–Crippen LogP) is 3.79. The summed E-state index contributed by atoms with van der Waals surface area (Å²) in [7, 11) is 1.49. The molecule has 3 aromatic rings. The summed E-state index contributed by atoms with van der Waals surface area (Å²) in [4.78, 5) is 15.4. The van der Waals surface area contributed by atoms with E-state index in [0.29, 0.717) is 34.0 Å². The van der Waals surface area contributed by atoms with Crippen LogP contribution in [0.2, 0.25) is 0 Å². The van der Waals surface area contributed by atoms with Gasteiger partial charge < -0.3 is 24.6 Å². The number of para-hydroxylation sites is 1. The summed E-state index contributed by atoms with van der Waals surface area (Å²) in [5, 5.41) is 21.3. The van der Waals surface area contributed by atoms with Gasteiger partial charge in [-0.1, -0.05) is 36.0 Å². The summed E-state index contributed by atoms with van der Waals surface area (Å²) in [6.07, 6.45) is 1.15. The lowest BCUT2D eigenvalue weighted by Crippen LogP contribution is -2.17. The standard InChI is InChI=1S/C22H20N4O5S/c1-3-10-32-22-24-21-19(25-26-22)14-6-4-5-7-15(14)23-20(31-21)13-8-9-16(17(11-13)29-2)30-12-18(27)28/h3-9,11,20,23H,1,10,12H2,2H3,(H,27,28)/t20-/m0/s1. The normalized spacial score (nSPS) is 14.1. The molecule has 0 radical (unpaired) electrons. The number of carboxylic acids is 1. The molecule has 1 aromatic heterocycles. The Labute approximate surface area is 188 Å². The fourth-order valence-electron chi connectivity index (χ4n) is 3.10. The number of hydrogen-bond donors (Lipinski definition) is 2. The molecule has 4 rings (SSSR count). The Bertz CT molecular complexity index is 1160. The largest absolute Gasteiger partial charge is 0.493 e. The molecule has 0 aliphatic carbocycles. The number of fused-ring (bicyclic) bond motifs is 3. The van der Waals surface area contributed by atoms with Crippen LogP contribution >= 0.6 is 11.8 Å². The molecule has 2 N–H and O–H groups in total. The molecule has 0 spiro atoms. The molecule has 1 aliphatic rings. The second kappa shape index (κ2) is 9.56. The summed E-state index contributed by atoms with van der Waals surface area (Å²) in [6.45, 7) is 3.24. The second-order valence-electron chi connectivity index (χ2n) is 6.63. The van der Waals surface area contributed by atoms with Crippen LogP contribution < -0.4 is 19.5 Å². The Morgan fingerprint density at radius 2 is 2.12 bits per heavy atom.